The molecule has 2 N–H and O–H groups in total. The average molecular weight is 231 g/mol. The van der Waals surface area contributed by atoms with Gasteiger partial charge in [0, 0.05) is 17.5 Å². The normalized spacial score (nSPS) is 18.5. The van der Waals surface area contributed by atoms with E-state index >= 15 is 0 Å². The minimum Gasteiger partial charge on any atom is -0.294 e. The summed E-state index contributed by atoms with van der Waals surface area (Å²) in [6, 6.07) is 4.82. The molecule has 0 fully saturated rings. The first-order valence-electron chi connectivity index (χ1n) is 5.41. The highest BCUT2D eigenvalue weighted by atomic mass is 16.5. The number of allylic oxidation sites excluding steroid dienone is 1. The molecule has 4 heteroatoms. The predicted octanol–water partition coefficient (Wildman–Crippen LogP) is 2.04. The first-order chi connectivity index (χ1) is 8.11. The zero-order valence-corrected chi connectivity index (χ0v) is 9.43. The summed E-state index contributed by atoms with van der Waals surface area (Å²) in [7, 11) is 0. The van der Waals surface area contributed by atoms with Gasteiger partial charge >= 0.3 is 0 Å². The molecule has 1 amide bonds. The molecular weight excluding hydrogens is 218 g/mol. The molecule has 4 nitrogen and oxygen atoms in total. The van der Waals surface area contributed by atoms with Crippen molar-refractivity contribution in [3.8, 4) is 0 Å². The van der Waals surface area contributed by atoms with Gasteiger partial charge < -0.3 is 0 Å². The predicted molar refractivity (Wildman–Crippen MR) is 62.8 cm³/mol. The van der Waals surface area contributed by atoms with Gasteiger partial charge in [-0.15, -0.1) is 0 Å². The Balaban J connectivity index is 2.47. The molecule has 2 rings (SSSR count). The van der Waals surface area contributed by atoms with Gasteiger partial charge in [0.1, 0.15) is 0 Å². The molecule has 0 saturated heterocycles. The van der Waals surface area contributed by atoms with Gasteiger partial charge in [-0.25, -0.2) is 5.48 Å². The topological polar surface area (TPSA) is 66.4 Å². The SMILES string of the molecule is CC1C=Cc2ccc(C(=O)NO)cc2C(=O)C1. The summed E-state index contributed by atoms with van der Waals surface area (Å²) in [5, 5.41) is 8.56. The third kappa shape index (κ3) is 2.26. The van der Waals surface area contributed by atoms with Crippen LogP contribution in [0.5, 0.6) is 0 Å². The molecule has 0 saturated carbocycles. The van der Waals surface area contributed by atoms with E-state index in [1.807, 2.05) is 19.1 Å². The Morgan fingerprint density at radius 3 is 2.94 bits per heavy atom. The highest BCUT2D eigenvalue weighted by molar-refractivity contribution is 6.03. The van der Waals surface area contributed by atoms with Gasteiger partial charge in [-0.2, -0.15) is 0 Å². The van der Waals surface area contributed by atoms with E-state index in [9.17, 15) is 9.59 Å². The number of nitrogens with one attached hydrogen (secondary N) is 1. The molecule has 1 aromatic carbocycles. The molecule has 1 aliphatic carbocycles. The van der Waals surface area contributed by atoms with Crippen LogP contribution in [-0.4, -0.2) is 16.9 Å². The van der Waals surface area contributed by atoms with Crippen LogP contribution < -0.4 is 5.48 Å². The lowest BCUT2D eigenvalue weighted by atomic mass is 9.98. The Morgan fingerprint density at radius 2 is 2.24 bits per heavy atom. The van der Waals surface area contributed by atoms with Gasteiger partial charge in [0.2, 0.25) is 0 Å². The fraction of sp³-hybridized carbons (Fsp3) is 0.231. The largest absolute Gasteiger partial charge is 0.294 e. The molecule has 0 bridgehead atoms. The van der Waals surface area contributed by atoms with Gasteiger partial charge in [0.05, 0.1) is 0 Å². The number of amides is 1. The molecule has 17 heavy (non-hydrogen) atoms. The zero-order chi connectivity index (χ0) is 12.4. The van der Waals surface area contributed by atoms with E-state index in [0.29, 0.717) is 12.0 Å². The van der Waals surface area contributed by atoms with E-state index in [2.05, 4.69) is 0 Å². The van der Waals surface area contributed by atoms with Crippen molar-refractivity contribution in [1.29, 1.82) is 0 Å². The van der Waals surface area contributed by atoms with E-state index in [4.69, 9.17) is 5.21 Å². The van der Waals surface area contributed by atoms with E-state index in [-0.39, 0.29) is 17.3 Å². The van der Waals surface area contributed by atoms with E-state index < -0.39 is 5.91 Å². The van der Waals surface area contributed by atoms with Crippen LogP contribution in [0.2, 0.25) is 0 Å². The number of fused-ring (bicyclic) bond motifs is 1. The number of benzene rings is 1. The second-order valence-electron chi connectivity index (χ2n) is 4.21. The van der Waals surface area contributed by atoms with Crippen LogP contribution in [0.1, 0.15) is 39.6 Å². The van der Waals surface area contributed by atoms with Crippen LogP contribution in [0, 0.1) is 5.92 Å². The van der Waals surface area contributed by atoms with Crippen LogP contribution in [0.3, 0.4) is 0 Å². The Morgan fingerprint density at radius 1 is 1.47 bits per heavy atom. The summed E-state index contributed by atoms with van der Waals surface area (Å²) in [4.78, 5) is 23.2. The molecule has 88 valence electrons. The number of ketones is 1. The molecular formula is C13H13NO3. The first kappa shape index (κ1) is 11.5. The lowest BCUT2D eigenvalue weighted by Gasteiger charge is -2.06. The van der Waals surface area contributed by atoms with Crippen LogP contribution in [0.25, 0.3) is 6.08 Å². The number of hydrogen-bond donors (Lipinski definition) is 2. The maximum Gasteiger partial charge on any atom is 0.274 e. The standard InChI is InChI=1S/C13H13NO3/c1-8-2-3-9-4-5-10(13(16)14-17)7-11(9)12(15)6-8/h2-5,7-8,17H,6H2,1H3,(H,14,16). The van der Waals surface area contributed by atoms with Gasteiger partial charge in [0.15, 0.2) is 5.78 Å². The van der Waals surface area contributed by atoms with Crippen molar-refractivity contribution in [2.24, 2.45) is 5.92 Å². The maximum atomic E-state index is 11.9. The molecule has 1 aliphatic rings. The molecule has 0 spiro atoms. The summed E-state index contributed by atoms with van der Waals surface area (Å²) in [6.07, 6.45) is 4.31. The van der Waals surface area contributed by atoms with Crippen LogP contribution >= 0.6 is 0 Å². The summed E-state index contributed by atoms with van der Waals surface area (Å²) in [5.41, 5.74) is 3.19. The van der Waals surface area contributed by atoms with E-state index in [1.54, 1.807) is 17.6 Å². The quantitative estimate of drug-likeness (QED) is 0.574. The fourth-order valence-corrected chi connectivity index (χ4v) is 1.89. The molecule has 0 radical (unpaired) electrons. The number of rotatable bonds is 1. The Hall–Kier alpha value is -1.94. The summed E-state index contributed by atoms with van der Waals surface area (Å²) in [5.74, 6) is -0.392. The second kappa shape index (κ2) is 4.51. The molecule has 0 heterocycles. The van der Waals surface area contributed by atoms with Gasteiger partial charge in [0.25, 0.3) is 5.91 Å². The lowest BCUT2D eigenvalue weighted by Crippen LogP contribution is -2.19. The summed E-state index contributed by atoms with van der Waals surface area (Å²) >= 11 is 0. The van der Waals surface area contributed by atoms with E-state index in [1.165, 1.54) is 6.07 Å². The third-order valence-corrected chi connectivity index (χ3v) is 2.83. The molecule has 1 atom stereocenters. The first-order valence-corrected chi connectivity index (χ1v) is 5.41. The number of carbonyl (C=O) groups excluding carboxylic acids is 2. The number of Topliss-reactive ketones (excluding diaryl/α,β-unsaturated/α-hetero) is 1. The van der Waals surface area contributed by atoms with Gasteiger partial charge in [-0.05, 0) is 23.6 Å². The van der Waals surface area contributed by atoms with E-state index in [0.717, 1.165) is 5.56 Å². The summed E-state index contributed by atoms with van der Waals surface area (Å²) < 4.78 is 0. The van der Waals surface area contributed by atoms with Gasteiger partial charge in [-0.3, -0.25) is 14.8 Å². The lowest BCUT2D eigenvalue weighted by molar-refractivity contribution is 0.0706. The molecule has 0 aromatic heterocycles. The highest BCUT2D eigenvalue weighted by Gasteiger charge is 2.18. The summed E-state index contributed by atoms with van der Waals surface area (Å²) in [6.45, 7) is 1.97. The molecule has 1 unspecified atom stereocenters. The monoisotopic (exact) mass is 231 g/mol. The Kier molecular flexibility index (Phi) is 3.06. The zero-order valence-electron chi connectivity index (χ0n) is 9.43. The average Bonchev–Trinajstić information content (AvgIpc) is 2.48. The van der Waals surface area contributed by atoms with Crippen molar-refractivity contribution >= 4 is 17.8 Å². The van der Waals surface area contributed by atoms with Crippen molar-refractivity contribution in [1.82, 2.24) is 5.48 Å². The highest BCUT2D eigenvalue weighted by Crippen LogP contribution is 2.23. The van der Waals surface area contributed by atoms with Crippen molar-refractivity contribution in [3.63, 3.8) is 0 Å². The van der Waals surface area contributed by atoms with Crippen LogP contribution in [-0.2, 0) is 0 Å². The molecule has 0 aliphatic heterocycles. The minimum atomic E-state index is -0.609. The van der Waals surface area contributed by atoms with Crippen LogP contribution in [0.4, 0.5) is 0 Å². The number of carbonyl (C=O) groups is 2. The minimum absolute atomic E-state index is 0.0186. The van der Waals surface area contributed by atoms with Crippen molar-refractivity contribution in [2.75, 3.05) is 0 Å². The maximum absolute atomic E-state index is 11.9. The van der Waals surface area contributed by atoms with Crippen molar-refractivity contribution < 1.29 is 14.8 Å². The third-order valence-electron chi connectivity index (χ3n) is 2.83. The van der Waals surface area contributed by atoms with Crippen molar-refractivity contribution in [3.05, 3.63) is 41.0 Å². The number of hydrogen-bond acceptors (Lipinski definition) is 3. The molecule has 1 aromatic rings. The fourth-order valence-electron chi connectivity index (χ4n) is 1.89. The Labute approximate surface area is 98.9 Å². The second-order valence-corrected chi connectivity index (χ2v) is 4.21. The Bertz CT molecular complexity index is 505. The smallest absolute Gasteiger partial charge is 0.274 e. The number of hydroxylamine groups is 1. The van der Waals surface area contributed by atoms with Gasteiger partial charge in [-0.1, -0.05) is 25.1 Å². The van der Waals surface area contributed by atoms with Crippen molar-refractivity contribution in [2.45, 2.75) is 13.3 Å². The van der Waals surface area contributed by atoms with Crippen LogP contribution in [0.15, 0.2) is 24.3 Å².